The molecule has 45 heavy (non-hydrogen) atoms. The molecule has 0 heteroatoms. The van der Waals surface area contributed by atoms with Gasteiger partial charge in [0.05, 0.1) is 0 Å². The Morgan fingerprint density at radius 1 is 0.311 bits per heavy atom. The molecule has 210 valence electrons. The summed E-state index contributed by atoms with van der Waals surface area (Å²) >= 11 is 0. The van der Waals surface area contributed by atoms with Crippen LogP contribution in [0.1, 0.15) is 58.4 Å². The summed E-state index contributed by atoms with van der Waals surface area (Å²) in [5.74, 6) is 0. The molecule has 3 aliphatic rings. The van der Waals surface area contributed by atoms with E-state index >= 15 is 0 Å². The number of allylic oxidation sites excluding steroid dienone is 2. The molecule has 0 N–H and O–H groups in total. The van der Waals surface area contributed by atoms with Gasteiger partial charge in [0.2, 0.25) is 0 Å². The number of benzene rings is 7. The van der Waals surface area contributed by atoms with Gasteiger partial charge in [0, 0.05) is 5.41 Å². The quantitative estimate of drug-likeness (QED) is 0.194. The van der Waals surface area contributed by atoms with Crippen LogP contribution in [-0.2, 0) is 5.41 Å². The summed E-state index contributed by atoms with van der Waals surface area (Å²) in [6.45, 7) is 4.76. The molecule has 0 amide bonds. The minimum absolute atomic E-state index is 0.0599. The van der Waals surface area contributed by atoms with Crippen molar-refractivity contribution < 1.29 is 0 Å². The Morgan fingerprint density at radius 2 is 0.756 bits per heavy atom. The van der Waals surface area contributed by atoms with E-state index in [1.165, 1.54) is 99.5 Å². The summed E-state index contributed by atoms with van der Waals surface area (Å²) < 4.78 is 0. The lowest BCUT2D eigenvalue weighted by atomic mass is 9.81. The number of fused-ring (bicyclic) bond motifs is 10. The summed E-state index contributed by atoms with van der Waals surface area (Å²) in [5, 5.41) is 5.12. The molecule has 0 saturated carbocycles. The molecule has 0 aromatic heterocycles. The molecule has 0 nitrogen and oxygen atoms in total. The van der Waals surface area contributed by atoms with Gasteiger partial charge in [-0.2, -0.15) is 0 Å². The minimum atomic E-state index is -0.0599. The molecule has 0 saturated heterocycles. The van der Waals surface area contributed by atoms with Gasteiger partial charge in [-0.25, -0.2) is 0 Å². The van der Waals surface area contributed by atoms with E-state index in [2.05, 4.69) is 159 Å². The van der Waals surface area contributed by atoms with E-state index in [1.54, 1.807) is 0 Å². The minimum Gasteiger partial charge on any atom is -0.0622 e. The predicted octanol–water partition coefficient (Wildman–Crippen LogP) is 11.5. The molecular weight excluding hydrogens is 540 g/mol. The molecular formula is C45H30. The molecule has 0 fully saturated rings. The number of hydrogen-bond acceptors (Lipinski definition) is 0. The van der Waals surface area contributed by atoms with E-state index in [1.807, 2.05) is 0 Å². The molecule has 7 aromatic carbocycles. The van der Waals surface area contributed by atoms with Crippen molar-refractivity contribution in [3.05, 3.63) is 190 Å². The van der Waals surface area contributed by atoms with Crippen molar-refractivity contribution in [1.82, 2.24) is 0 Å². The molecule has 0 heterocycles. The van der Waals surface area contributed by atoms with E-state index in [0.29, 0.717) is 0 Å². The van der Waals surface area contributed by atoms with Gasteiger partial charge in [-0.05, 0) is 130 Å². The molecule has 0 radical (unpaired) electrons. The molecule has 0 atom stereocenters. The lowest BCUT2D eigenvalue weighted by Crippen LogP contribution is -2.15. The first-order valence-electron chi connectivity index (χ1n) is 15.9. The van der Waals surface area contributed by atoms with E-state index in [4.69, 9.17) is 0 Å². The summed E-state index contributed by atoms with van der Waals surface area (Å²) in [5.41, 5.74) is 18.8. The zero-order valence-corrected chi connectivity index (χ0v) is 25.4. The Morgan fingerprint density at radius 3 is 1.33 bits per heavy atom. The van der Waals surface area contributed by atoms with Crippen LogP contribution >= 0.6 is 0 Å². The normalized spacial score (nSPS) is 15.3. The summed E-state index contributed by atoms with van der Waals surface area (Å²) in [6, 6.07) is 54.6. The Bertz CT molecular complexity index is 2480. The van der Waals surface area contributed by atoms with Crippen molar-refractivity contribution in [3.63, 3.8) is 0 Å². The van der Waals surface area contributed by atoms with E-state index in [0.717, 1.165) is 0 Å². The first-order valence-corrected chi connectivity index (χ1v) is 15.9. The van der Waals surface area contributed by atoms with Gasteiger partial charge in [-0.15, -0.1) is 0 Å². The van der Waals surface area contributed by atoms with Crippen LogP contribution in [0.4, 0.5) is 0 Å². The van der Waals surface area contributed by atoms with Crippen molar-refractivity contribution >= 4 is 43.8 Å². The number of rotatable bonds is 2. The van der Waals surface area contributed by atoms with Crippen LogP contribution in [0, 0.1) is 0 Å². The van der Waals surface area contributed by atoms with Crippen LogP contribution in [0.25, 0.3) is 55.0 Å². The second-order valence-corrected chi connectivity index (χ2v) is 13.3. The van der Waals surface area contributed by atoms with Gasteiger partial charge in [0.1, 0.15) is 0 Å². The van der Waals surface area contributed by atoms with E-state index in [9.17, 15) is 0 Å². The Balaban J connectivity index is 1.34. The zero-order valence-electron chi connectivity index (χ0n) is 25.4. The van der Waals surface area contributed by atoms with Gasteiger partial charge in [-0.3, -0.25) is 0 Å². The molecule has 0 spiro atoms. The SMILES string of the molecule is CC1(C)c2ccccc2-c2ccc(C3=C4C(=C(c5ccccc5)c5cc6ccccc6cc54)c4cc5ccccc5cc43)cc21. The van der Waals surface area contributed by atoms with Crippen molar-refractivity contribution in [3.8, 4) is 11.1 Å². The average Bonchev–Trinajstić information content (AvgIpc) is 3.65. The van der Waals surface area contributed by atoms with Crippen LogP contribution in [0.3, 0.4) is 0 Å². The highest BCUT2D eigenvalue weighted by Crippen LogP contribution is 2.60. The third-order valence-electron chi connectivity index (χ3n) is 10.5. The molecule has 0 aliphatic heterocycles. The maximum atomic E-state index is 2.50. The highest BCUT2D eigenvalue weighted by Gasteiger charge is 2.40. The standard InChI is InChI=1S/C45H30/c1-45(2)39-19-11-10-18-33(39)34-21-20-32(26-40(34)45)42-36-23-29-15-7-9-17-31(29)25-38(36)43-41(27-12-4-3-5-13-27)35-22-28-14-6-8-16-30(28)24-37(35)44(42)43/h3-26H,1-2H3. The van der Waals surface area contributed by atoms with Crippen molar-refractivity contribution in [2.24, 2.45) is 0 Å². The van der Waals surface area contributed by atoms with Crippen LogP contribution in [-0.4, -0.2) is 0 Å². The van der Waals surface area contributed by atoms with Crippen LogP contribution in [0.2, 0.25) is 0 Å². The Hall–Kier alpha value is -5.46. The van der Waals surface area contributed by atoms with Crippen LogP contribution < -0.4 is 0 Å². The lowest BCUT2D eigenvalue weighted by molar-refractivity contribution is 0.660. The van der Waals surface area contributed by atoms with Gasteiger partial charge in [-0.1, -0.05) is 129 Å². The Labute approximate surface area is 263 Å². The van der Waals surface area contributed by atoms with E-state index in [-0.39, 0.29) is 5.41 Å². The van der Waals surface area contributed by atoms with Crippen LogP contribution in [0.15, 0.2) is 146 Å². The zero-order chi connectivity index (χ0) is 29.9. The fourth-order valence-electron chi connectivity index (χ4n) is 8.43. The topological polar surface area (TPSA) is 0 Å². The van der Waals surface area contributed by atoms with Gasteiger partial charge >= 0.3 is 0 Å². The molecule has 7 aromatic rings. The highest BCUT2D eigenvalue weighted by atomic mass is 14.4. The lowest BCUT2D eigenvalue weighted by Gasteiger charge is -2.22. The molecule has 3 aliphatic carbocycles. The fourth-order valence-corrected chi connectivity index (χ4v) is 8.43. The second kappa shape index (κ2) is 8.80. The third kappa shape index (κ3) is 3.32. The first-order chi connectivity index (χ1) is 22.1. The van der Waals surface area contributed by atoms with Crippen molar-refractivity contribution in [2.45, 2.75) is 19.3 Å². The third-order valence-corrected chi connectivity index (χ3v) is 10.5. The maximum Gasteiger partial charge on any atom is 0.0159 e. The summed E-state index contributed by atoms with van der Waals surface area (Å²) in [4.78, 5) is 0. The molecule has 0 unspecified atom stereocenters. The molecule has 0 bridgehead atoms. The number of hydrogen-bond donors (Lipinski definition) is 0. The van der Waals surface area contributed by atoms with Gasteiger partial charge in [0.25, 0.3) is 0 Å². The van der Waals surface area contributed by atoms with Crippen LogP contribution in [0.5, 0.6) is 0 Å². The largest absolute Gasteiger partial charge is 0.0622 e. The fraction of sp³-hybridized carbons (Fsp3) is 0.0667. The predicted molar refractivity (Wildman–Crippen MR) is 190 cm³/mol. The molecule has 10 rings (SSSR count). The maximum absolute atomic E-state index is 2.50. The Kier molecular flexibility index (Phi) is 4.88. The van der Waals surface area contributed by atoms with Gasteiger partial charge in [0.15, 0.2) is 0 Å². The smallest absolute Gasteiger partial charge is 0.0159 e. The van der Waals surface area contributed by atoms with Crippen molar-refractivity contribution in [2.75, 3.05) is 0 Å². The monoisotopic (exact) mass is 570 g/mol. The van der Waals surface area contributed by atoms with Crippen molar-refractivity contribution in [1.29, 1.82) is 0 Å². The summed E-state index contributed by atoms with van der Waals surface area (Å²) in [6.07, 6.45) is 0. The summed E-state index contributed by atoms with van der Waals surface area (Å²) in [7, 11) is 0. The van der Waals surface area contributed by atoms with Gasteiger partial charge < -0.3 is 0 Å². The van der Waals surface area contributed by atoms with E-state index < -0.39 is 0 Å². The highest BCUT2D eigenvalue weighted by molar-refractivity contribution is 6.36. The first kappa shape index (κ1) is 24.9. The second-order valence-electron chi connectivity index (χ2n) is 13.3. The average molecular weight is 571 g/mol.